The van der Waals surface area contributed by atoms with Crippen LogP contribution in [0.15, 0.2) is 54.6 Å². The van der Waals surface area contributed by atoms with Gasteiger partial charge in [-0.1, -0.05) is 37.3 Å². The van der Waals surface area contributed by atoms with Gasteiger partial charge in [-0.05, 0) is 36.2 Å². The van der Waals surface area contributed by atoms with E-state index in [1.807, 2.05) is 19.1 Å². The first-order chi connectivity index (χ1) is 11.6. The predicted octanol–water partition coefficient (Wildman–Crippen LogP) is 1.44. The number of aryl methyl sites for hydroxylation is 1. The summed E-state index contributed by atoms with van der Waals surface area (Å²) in [5.74, 6) is -1.29. The summed E-state index contributed by atoms with van der Waals surface area (Å²) in [6, 6.07) is 15.7. The van der Waals surface area contributed by atoms with E-state index >= 15 is 0 Å². The standard InChI is InChI=1S/C18H19N3O3/c1-2-13-8-10-15(11-9-13)18(24)21-20-16(22)12-19-17(23)14-6-4-3-5-7-14/h3-11H,2,12H2,1H3,(H,19,23)(H,20,22)(H,21,24). The van der Waals surface area contributed by atoms with Crippen molar-refractivity contribution >= 4 is 17.7 Å². The van der Waals surface area contributed by atoms with Gasteiger partial charge < -0.3 is 5.32 Å². The van der Waals surface area contributed by atoms with E-state index < -0.39 is 11.8 Å². The molecule has 0 atom stereocenters. The Hall–Kier alpha value is -3.15. The minimum atomic E-state index is -0.516. The fraction of sp³-hybridized carbons (Fsp3) is 0.167. The van der Waals surface area contributed by atoms with Crippen molar-refractivity contribution in [3.8, 4) is 0 Å². The van der Waals surface area contributed by atoms with E-state index in [1.165, 1.54) is 0 Å². The van der Waals surface area contributed by atoms with Crippen LogP contribution in [0.2, 0.25) is 0 Å². The SMILES string of the molecule is CCc1ccc(C(=O)NNC(=O)CNC(=O)c2ccccc2)cc1. The Labute approximate surface area is 140 Å². The summed E-state index contributed by atoms with van der Waals surface area (Å²) >= 11 is 0. The zero-order valence-corrected chi connectivity index (χ0v) is 13.3. The van der Waals surface area contributed by atoms with Crippen LogP contribution in [-0.4, -0.2) is 24.3 Å². The number of carbonyl (C=O) groups excluding carboxylic acids is 3. The molecule has 0 heterocycles. The molecule has 6 heteroatoms. The fourth-order valence-corrected chi connectivity index (χ4v) is 1.99. The lowest BCUT2D eigenvalue weighted by atomic mass is 10.1. The van der Waals surface area contributed by atoms with Crippen LogP contribution in [-0.2, 0) is 11.2 Å². The number of amides is 3. The van der Waals surface area contributed by atoms with E-state index in [4.69, 9.17) is 0 Å². The Balaban J connectivity index is 1.76. The van der Waals surface area contributed by atoms with E-state index in [0.717, 1.165) is 12.0 Å². The average molecular weight is 325 g/mol. The first kappa shape index (κ1) is 17.2. The predicted molar refractivity (Wildman–Crippen MR) is 90.2 cm³/mol. The monoisotopic (exact) mass is 325 g/mol. The number of hydrogen-bond acceptors (Lipinski definition) is 3. The lowest BCUT2D eigenvalue weighted by Crippen LogP contribution is -2.46. The second-order valence-corrected chi connectivity index (χ2v) is 5.10. The van der Waals surface area contributed by atoms with Gasteiger partial charge in [0.25, 0.3) is 17.7 Å². The van der Waals surface area contributed by atoms with Gasteiger partial charge in [-0.25, -0.2) is 0 Å². The molecule has 6 nitrogen and oxygen atoms in total. The molecule has 0 saturated heterocycles. The van der Waals surface area contributed by atoms with Crippen LogP contribution < -0.4 is 16.2 Å². The van der Waals surface area contributed by atoms with Crippen molar-refractivity contribution in [2.45, 2.75) is 13.3 Å². The highest BCUT2D eigenvalue weighted by molar-refractivity contribution is 5.98. The zero-order chi connectivity index (χ0) is 17.4. The van der Waals surface area contributed by atoms with Gasteiger partial charge in [0.15, 0.2) is 0 Å². The van der Waals surface area contributed by atoms with E-state index in [9.17, 15) is 14.4 Å². The van der Waals surface area contributed by atoms with Gasteiger partial charge in [-0.3, -0.25) is 25.2 Å². The van der Waals surface area contributed by atoms with Crippen molar-refractivity contribution in [2.75, 3.05) is 6.54 Å². The van der Waals surface area contributed by atoms with Crippen molar-refractivity contribution in [2.24, 2.45) is 0 Å². The first-order valence-corrected chi connectivity index (χ1v) is 7.61. The fourth-order valence-electron chi connectivity index (χ4n) is 1.99. The summed E-state index contributed by atoms with van der Waals surface area (Å²) in [4.78, 5) is 35.4. The average Bonchev–Trinajstić information content (AvgIpc) is 2.64. The molecular formula is C18H19N3O3. The summed E-state index contributed by atoms with van der Waals surface area (Å²) in [5.41, 5.74) is 6.61. The normalized spacial score (nSPS) is 9.88. The van der Waals surface area contributed by atoms with Crippen LogP contribution in [0.25, 0.3) is 0 Å². The molecule has 3 N–H and O–H groups in total. The molecule has 0 aliphatic rings. The number of hydrazine groups is 1. The third kappa shape index (κ3) is 4.95. The van der Waals surface area contributed by atoms with Crippen LogP contribution in [0, 0.1) is 0 Å². The highest BCUT2D eigenvalue weighted by Gasteiger charge is 2.09. The zero-order valence-electron chi connectivity index (χ0n) is 13.3. The van der Waals surface area contributed by atoms with Crippen LogP contribution >= 0.6 is 0 Å². The number of hydrogen-bond donors (Lipinski definition) is 3. The molecule has 0 spiro atoms. The van der Waals surface area contributed by atoms with Gasteiger partial charge in [-0.2, -0.15) is 0 Å². The molecule has 0 aliphatic carbocycles. The van der Waals surface area contributed by atoms with Crippen molar-refractivity contribution in [1.29, 1.82) is 0 Å². The molecule has 124 valence electrons. The largest absolute Gasteiger partial charge is 0.343 e. The molecule has 0 radical (unpaired) electrons. The number of benzene rings is 2. The summed E-state index contributed by atoms with van der Waals surface area (Å²) in [6.45, 7) is 1.79. The molecule has 0 saturated carbocycles. The highest BCUT2D eigenvalue weighted by Crippen LogP contribution is 2.04. The Morgan fingerprint density at radius 2 is 1.42 bits per heavy atom. The molecular weight excluding hydrogens is 306 g/mol. The Morgan fingerprint density at radius 1 is 0.792 bits per heavy atom. The lowest BCUT2D eigenvalue weighted by Gasteiger charge is -2.09. The van der Waals surface area contributed by atoms with Gasteiger partial charge >= 0.3 is 0 Å². The number of nitrogens with one attached hydrogen (secondary N) is 3. The minimum Gasteiger partial charge on any atom is -0.343 e. The van der Waals surface area contributed by atoms with Gasteiger partial charge in [-0.15, -0.1) is 0 Å². The number of carbonyl (C=O) groups is 3. The smallest absolute Gasteiger partial charge is 0.269 e. The molecule has 3 amide bonds. The second-order valence-electron chi connectivity index (χ2n) is 5.10. The van der Waals surface area contributed by atoms with Crippen LogP contribution in [0.1, 0.15) is 33.2 Å². The summed E-state index contributed by atoms with van der Waals surface area (Å²) < 4.78 is 0. The molecule has 2 aromatic rings. The quantitative estimate of drug-likeness (QED) is 0.727. The number of rotatable bonds is 5. The van der Waals surface area contributed by atoms with Crippen LogP contribution in [0.5, 0.6) is 0 Å². The van der Waals surface area contributed by atoms with Crippen molar-refractivity contribution in [1.82, 2.24) is 16.2 Å². The summed E-state index contributed by atoms with van der Waals surface area (Å²) in [7, 11) is 0. The van der Waals surface area contributed by atoms with E-state index in [-0.39, 0.29) is 12.5 Å². The minimum absolute atomic E-state index is 0.233. The van der Waals surface area contributed by atoms with Gasteiger partial charge in [0.05, 0.1) is 6.54 Å². The topological polar surface area (TPSA) is 87.3 Å². The summed E-state index contributed by atoms with van der Waals surface area (Å²) in [6.07, 6.45) is 0.889. The van der Waals surface area contributed by atoms with Crippen LogP contribution in [0.4, 0.5) is 0 Å². The van der Waals surface area contributed by atoms with Gasteiger partial charge in [0, 0.05) is 11.1 Å². The maximum absolute atomic E-state index is 11.9. The van der Waals surface area contributed by atoms with Gasteiger partial charge in [0.1, 0.15) is 0 Å². The van der Waals surface area contributed by atoms with Crippen molar-refractivity contribution in [3.63, 3.8) is 0 Å². The Kier molecular flexibility index (Phi) is 6.08. The third-order valence-electron chi connectivity index (χ3n) is 3.39. The lowest BCUT2D eigenvalue weighted by molar-refractivity contribution is -0.120. The molecule has 2 rings (SSSR count). The Bertz CT molecular complexity index is 712. The highest BCUT2D eigenvalue weighted by atomic mass is 16.2. The van der Waals surface area contributed by atoms with Crippen molar-refractivity contribution in [3.05, 3.63) is 71.3 Å². The molecule has 0 fully saturated rings. The van der Waals surface area contributed by atoms with Gasteiger partial charge in [0.2, 0.25) is 0 Å². The maximum Gasteiger partial charge on any atom is 0.269 e. The van der Waals surface area contributed by atoms with E-state index in [1.54, 1.807) is 42.5 Å². The van der Waals surface area contributed by atoms with Crippen molar-refractivity contribution < 1.29 is 14.4 Å². The molecule has 0 bridgehead atoms. The molecule has 0 aromatic heterocycles. The maximum atomic E-state index is 11.9. The third-order valence-corrected chi connectivity index (χ3v) is 3.39. The molecule has 2 aromatic carbocycles. The Morgan fingerprint density at radius 3 is 2.04 bits per heavy atom. The molecule has 0 aliphatic heterocycles. The molecule has 24 heavy (non-hydrogen) atoms. The second kappa shape index (κ2) is 8.47. The van der Waals surface area contributed by atoms with Crippen LogP contribution in [0.3, 0.4) is 0 Å². The summed E-state index contributed by atoms with van der Waals surface area (Å²) in [5, 5.41) is 2.48. The first-order valence-electron chi connectivity index (χ1n) is 7.61. The van der Waals surface area contributed by atoms with E-state index in [0.29, 0.717) is 11.1 Å². The van der Waals surface area contributed by atoms with E-state index in [2.05, 4.69) is 16.2 Å². The molecule has 0 unspecified atom stereocenters.